The van der Waals surface area contributed by atoms with Gasteiger partial charge in [-0.25, -0.2) is 0 Å². The zero-order valence-corrected chi connectivity index (χ0v) is 10.8. The molecule has 0 atom stereocenters. The Morgan fingerprint density at radius 2 is 2.00 bits per heavy atom. The number of hydrogen-bond acceptors (Lipinski definition) is 4. The van der Waals surface area contributed by atoms with Crippen molar-refractivity contribution in [1.29, 1.82) is 0 Å². The van der Waals surface area contributed by atoms with Gasteiger partial charge in [0, 0.05) is 23.7 Å². The number of carbonyl (C=O) groups excluding carboxylic acids is 2. The number of hydrogen-bond donors (Lipinski definition) is 2. The fraction of sp³-hybridized carbons (Fsp3) is 0.308. The number of alkyl halides is 3. The smallest absolute Gasteiger partial charge is 0.302 e. The molecule has 0 spiro atoms. The van der Waals surface area contributed by atoms with Crippen molar-refractivity contribution in [3.63, 3.8) is 0 Å². The summed E-state index contributed by atoms with van der Waals surface area (Å²) in [7, 11) is 0. The standard InChI is InChI=1S/C13H12F3N3O2/c14-13(15,16)11(20)9-4-1-5-10(9)18-19-12(21)8-3-2-6-17-7-8/h2-3,6-7,18H,1,4-5H2,(H,19,21). The highest BCUT2D eigenvalue weighted by Gasteiger charge is 2.42. The minimum Gasteiger partial charge on any atom is -0.302 e. The van der Waals surface area contributed by atoms with Gasteiger partial charge in [0.2, 0.25) is 0 Å². The first kappa shape index (κ1) is 15.0. The minimum absolute atomic E-state index is 0.0451. The average Bonchev–Trinajstić information content (AvgIpc) is 2.92. The maximum Gasteiger partial charge on any atom is 0.454 e. The number of nitrogens with one attached hydrogen (secondary N) is 2. The summed E-state index contributed by atoms with van der Waals surface area (Å²) in [5.41, 5.74) is 4.72. The SMILES string of the molecule is O=C(NNC1=C(C(=O)C(F)(F)F)CCC1)c1cccnc1. The fourth-order valence-corrected chi connectivity index (χ4v) is 2.00. The molecule has 112 valence electrons. The van der Waals surface area contributed by atoms with Crippen LogP contribution in [-0.4, -0.2) is 22.9 Å². The Morgan fingerprint density at radius 1 is 1.24 bits per heavy atom. The number of allylic oxidation sites excluding steroid dienone is 2. The van der Waals surface area contributed by atoms with Crippen molar-refractivity contribution in [3.05, 3.63) is 41.4 Å². The van der Waals surface area contributed by atoms with Gasteiger partial charge in [-0.3, -0.25) is 20.0 Å². The molecule has 2 N–H and O–H groups in total. The second-order valence-electron chi connectivity index (χ2n) is 4.46. The topological polar surface area (TPSA) is 71.1 Å². The van der Waals surface area contributed by atoms with Crippen LogP contribution in [0.4, 0.5) is 13.2 Å². The van der Waals surface area contributed by atoms with Crippen LogP contribution < -0.4 is 10.9 Å². The number of halogens is 3. The molecule has 1 aromatic rings. The van der Waals surface area contributed by atoms with Crippen LogP contribution in [-0.2, 0) is 4.79 Å². The molecule has 1 heterocycles. The van der Waals surface area contributed by atoms with Crippen LogP contribution in [0.25, 0.3) is 0 Å². The van der Waals surface area contributed by atoms with Crippen molar-refractivity contribution in [1.82, 2.24) is 15.8 Å². The number of ketones is 1. The molecule has 1 amide bonds. The normalized spacial score (nSPS) is 15.0. The second-order valence-corrected chi connectivity index (χ2v) is 4.46. The summed E-state index contributed by atoms with van der Waals surface area (Å²) in [6.45, 7) is 0. The number of amides is 1. The molecule has 2 rings (SSSR count). The van der Waals surface area contributed by atoms with Gasteiger partial charge in [-0.05, 0) is 31.4 Å². The lowest BCUT2D eigenvalue weighted by Gasteiger charge is -2.12. The molecule has 0 aliphatic heterocycles. The van der Waals surface area contributed by atoms with E-state index < -0.39 is 17.9 Å². The van der Waals surface area contributed by atoms with E-state index in [2.05, 4.69) is 15.8 Å². The Balaban J connectivity index is 2.05. The van der Waals surface area contributed by atoms with Crippen LogP contribution in [0.5, 0.6) is 0 Å². The van der Waals surface area contributed by atoms with Crippen LogP contribution in [0.3, 0.4) is 0 Å². The third kappa shape index (κ3) is 3.59. The summed E-state index contributed by atoms with van der Waals surface area (Å²) < 4.78 is 37.3. The fourth-order valence-electron chi connectivity index (χ4n) is 2.00. The summed E-state index contributed by atoms with van der Waals surface area (Å²) in [5, 5.41) is 0. The maximum absolute atomic E-state index is 12.4. The first-order chi connectivity index (χ1) is 9.89. The summed E-state index contributed by atoms with van der Waals surface area (Å²) >= 11 is 0. The lowest BCUT2D eigenvalue weighted by atomic mass is 10.1. The van der Waals surface area contributed by atoms with Crippen LogP contribution in [0.1, 0.15) is 29.6 Å². The first-order valence-electron chi connectivity index (χ1n) is 6.19. The second kappa shape index (κ2) is 5.94. The highest BCUT2D eigenvalue weighted by molar-refractivity contribution is 6.00. The monoisotopic (exact) mass is 299 g/mol. The van der Waals surface area contributed by atoms with Crippen LogP contribution in [0.2, 0.25) is 0 Å². The predicted octanol–water partition coefficient (Wildman–Crippen LogP) is 1.89. The number of rotatable bonds is 4. The van der Waals surface area contributed by atoms with E-state index in [1.165, 1.54) is 18.5 Å². The largest absolute Gasteiger partial charge is 0.454 e. The first-order valence-corrected chi connectivity index (χ1v) is 6.19. The number of nitrogens with zero attached hydrogens (tertiary/aromatic N) is 1. The maximum atomic E-state index is 12.4. The molecular weight excluding hydrogens is 287 g/mol. The lowest BCUT2D eigenvalue weighted by Crippen LogP contribution is -2.38. The van der Waals surface area contributed by atoms with E-state index in [9.17, 15) is 22.8 Å². The molecule has 0 unspecified atom stereocenters. The molecule has 0 aromatic carbocycles. The van der Waals surface area contributed by atoms with Gasteiger partial charge < -0.3 is 5.43 Å². The van der Waals surface area contributed by atoms with E-state index >= 15 is 0 Å². The molecule has 5 nitrogen and oxygen atoms in total. The Hall–Kier alpha value is -2.38. The molecular formula is C13H12F3N3O2. The molecule has 8 heteroatoms. The van der Waals surface area contributed by atoms with Gasteiger partial charge in [0.05, 0.1) is 5.56 Å². The molecule has 0 saturated heterocycles. The summed E-state index contributed by atoms with van der Waals surface area (Å²) in [4.78, 5) is 26.7. The molecule has 0 fully saturated rings. The van der Waals surface area contributed by atoms with Gasteiger partial charge in [0.1, 0.15) is 0 Å². The summed E-state index contributed by atoms with van der Waals surface area (Å²) in [6, 6.07) is 3.07. The van der Waals surface area contributed by atoms with Crippen molar-refractivity contribution in [2.24, 2.45) is 0 Å². The Bertz CT molecular complexity index is 582. The third-order valence-electron chi connectivity index (χ3n) is 3.00. The number of aromatic nitrogens is 1. The zero-order valence-electron chi connectivity index (χ0n) is 10.8. The molecule has 1 aromatic heterocycles. The van der Waals surface area contributed by atoms with Crippen LogP contribution in [0.15, 0.2) is 35.8 Å². The molecule has 1 aliphatic rings. The predicted molar refractivity (Wildman–Crippen MR) is 66.8 cm³/mol. The molecule has 1 aliphatic carbocycles. The number of carbonyl (C=O) groups is 2. The van der Waals surface area contributed by atoms with Crippen molar-refractivity contribution >= 4 is 11.7 Å². The van der Waals surface area contributed by atoms with Gasteiger partial charge in [-0.1, -0.05) is 0 Å². The number of pyridine rings is 1. The highest BCUT2D eigenvalue weighted by atomic mass is 19.4. The lowest BCUT2D eigenvalue weighted by molar-refractivity contribution is -0.166. The van der Waals surface area contributed by atoms with Crippen molar-refractivity contribution < 1.29 is 22.8 Å². The highest BCUT2D eigenvalue weighted by Crippen LogP contribution is 2.30. The molecule has 0 bridgehead atoms. The van der Waals surface area contributed by atoms with Gasteiger partial charge in [0.25, 0.3) is 11.7 Å². The van der Waals surface area contributed by atoms with Crippen molar-refractivity contribution in [2.45, 2.75) is 25.4 Å². The number of Topliss-reactive ketones (excluding diaryl/α,β-unsaturated/α-hetero) is 1. The van der Waals surface area contributed by atoms with Gasteiger partial charge >= 0.3 is 6.18 Å². The Kier molecular flexibility index (Phi) is 4.25. The third-order valence-corrected chi connectivity index (χ3v) is 3.00. The van der Waals surface area contributed by atoms with Gasteiger partial charge in [-0.15, -0.1) is 0 Å². The molecule has 21 heavy (non-hydrogen) atoms. The average molecular weight is 299 g/mol. The zero-order chi connectivity index (χ0) is 15.5. The van der Waals surface area contributed by atoms with E-state index in [0.29, 0.717) is 6.42 Å². The summed E-state index contributed by atoms with van der Waals surface area (Å²) in [5.74, 6) is -2.40. The van der Waals surface area contributed by atoms with Gasteiger partial charge in [-0.2, -0.15) is 13.2 Å². The van der Waals surface area contributed by atoms with E-state index in [1.54, 1.807) is 6.07 Å². The number of hydrazine groups is 1. The Labute approximate surface area is 118 Å². The molecule has 0 radical (unpaired) electrons. The Morgan fingerprint density at radius 3 is 2.62 bits per heavy atom. The van der Waals surface area contributed by atoms with E-state index in [4.69, 9.17) is 0 Å². The van der Waals surface area contributed by atoms with Crippen molar-refractivity contribution in [2.75, 3.05) is 0 Å². The van der Waals surface area contributed by atoms with E-state index in [1.807, 2.05) is 0 Å². The summed E-state index contributed by atoms with van der Waals surface area (Å²) in [6.07, 6.45) is -1.33. The van der Waals surface area contributed by atoms with Gasteiger partial charge in [0.15, 0.2) is 0 Å². The molecule has 0 saturated carbocycles. The minimum atomic E-state index is -4.90. The van der Waals surface area contributed by atoms with E-state index in [0.717, 1.165) is 0 Å². The van der Waals surface area contributed by atoms with Crippen LogP contribution in [0, 0.1) is 0 Å². The quantitative estimate of drug-likeness (QED) is 0.833. The van der Waals surface area contributed by atoms with Crippen LogP contribution >= 0.6 is 0 Å². The van der Waals surface area contributed by atoms with E-state index in [-0.39, 0.29) is 29.7 Å². The van der Waals surface area contributed by atoms with Crippen molar-refractivity contribution in [3.8, 4) is 0 Å².